The van der Waals surface area contributed by atoms with Gasteiger partial charge in [-0.2, -0.15) is 0 Å². The highest BCUT2D eigenvalue weighted by Gasteiger charge is 2.16. The molecule has 0 aliphatic rings. The van der Waals surface area contributed by atoms with Crippen molar-refractivity contribution in [2.45, 2.75) is 32.9 Å². The number of nitrogens with two attached hydrogens (primary N) is 1. The summed E-state index contributed by atoms with van der Waals surface area (Å²) in [5.41, 5.74) is 7.54. The molecule has 0 unspecified atom stereocenters. The molecular formula is C19H23NO3. The molecule has 0 bridgehead atoms. The summed E-state index contributed by atoms with van der Waals surface area (Å²) in [6.07, 6.45) is 0.667. The molecule has 0 saturated carbocycles. The Kier molecular flexibility index (Phi) is 8.32. The van der Waals surface area contributed by atoms with E-state index < -0.39 is 12.0 Å². The second-order valence-corrected chi connectivity index (χ2v) is 5.04. The lowest BCUT2D eigenvalue weighted by Gasteiger charge is -2.11. The number of ketones is 1. The number of carbonyl (C=O) groups excluding carboxylic acids is 2. The summed E-state index contributed by atoms with van der Waals surface area (Å²) in [5.74, 6) is -0.157. The van der Waals surface area contributed by atoms with Crippen molar-refractivity contribution in [2.24, 2.45) is 5.73 Å². The number of rotatable bonds is 5. The lowest BCUT2D eigenvalue weighted by atomic mass is 10.1. The Morgan fingerprint density at radius 1 is 1.00 bits per heavy atom. The molecule has 0 amide bonds. The van der Waals surface area contributed by atoms with Gasteiger partial charge in [0.25, 0.3) is 0 Å². The number of hydrogen-bond donors (Lipinski definition) is 1. The van der Waals surface area contributed by atoms with E-state index in [4.69, 9.17) is 10.5 Å². The van der Waals surface area contributed by atoms with Gasteiger partial charge >= 0.3 is 5.97 Å². The number of hydrogen-bond acceptors (Lipinski definition) is 4. The molecule has 0 aromatic heterocycles. The lowest BCUT2D eigenvalue weighted by Crippen LogP contribution is -2.23. The predicted octanol–water partition coefficient (Wildman–Crippen LogP) is 3.42. The van der Waals surface area contributed by atoms with Gasteiger partial charge in [-0.15, -0.1) is 0 Å². The number of carbonyl (C=O) groups is 2. The fourth-order valence-corrected chi connectivity index (χ4v) is 1.61. The minimum absolute atomic E-state index is 0.250. The Morgan fingerprint density at radius 3 is 1.96 bits per heavy atom. The smallest absolute Gasteiger partial charge is 0.327 e. The molecule has 23 heavy (non-hydrogen) atoms. The zero-order valence-corrected chi connectivity index (χ0v) is 13.6. The minimum Gasteiger partial charge on any atom is -0.459 e. The fraction of sp³-hybridized carbons (Fsp3) is 0.263. The first-order valence-corrected chi connectivity index (χ1v) is 7.55. The standard InChI is InChI=1S/C15H15NO2.C4H8O/c16-14(13-9-5-2-6-10-13)15(17)18-11-12-7-3-1-4-8-12;1-3-4(2)5/h1-10,14H,11,16H2;3H2,1-2H3/t14-;/m0./s1. The third kappa shape index (κ3) is 7.38. The number of Topliss-reactive ketones (excluding diaryl/α,β-unsaturated/α-hetero) is 1. The Labute approximate surface area is 137 Å². The third-order valence-electron chi connectivity index (χ3n) is 3.13. The van der Waals surface area contributed by atoms with Crippen LogP contribution in [0.3, 0.4) is 0 Å². The van der Waals surface area contributed by atoms with Crippen LogP contribution in [0, 0.1) is 0 Å². The van der Waals surface area contributed by atoms with Crippen LogP contribution >= 0.6 is 0 Å². The van der Waals surface area contributed by atoms with Crippen molar-refractivity contribution >= 4 is 11.8 Å². The molecule has 4 nitrogen and oxygen atoms in total. The first-order valence-electron chi connectivity index (χ1n) is 7.55. The Balaban J connectivity index is 0.000000463. The van der Waals surface area contributed by atoms with E-state index >= 15 is 0 Å². The van der Waals surface area contributed by atoms with Gasteiger partial charge in [0, 0.05) is 6.42 Å². The molecular weight excluding hydrogens is 290 g/mol. The molecule has 0 fully saturated rings. The van der Waals surface area contributed by atoms with Crippen molar-refractivity contribution in [2.75, 3.05) is 0 Å². The molecule has 4 heteroatoms. The van der Waals surface area contributed by atoms with E-state index in [1.807, 2.05) is 67.6 Å². The molecule has 0 aliphatic carbocycles. The van der Waals surface area contributed by atoms with Crippen LogP contribution in [0.25, 0.3) is 0 Å². The molecule has 0 spiro atoms. The van der Waals surface area contributed by atoms with E-state index in [0.717, 1.165) is 11.1 Å². The average molecular weight is 313 g/mol. The fourth-order valence-electron chi connectivity index (χ4n) is 1.61. The average Bonchev–Trinajstić information content (AvgIpc) is 2.61. The second-order valence-electron chi connectivity index (χ2n) is 5.04. The van der Waals surface area contributed by atoms with Crippen molar-refractivity contribution in [3.63, 3.8) is 0 Å². The predicted molar refractivity (Wildman–Crippen MR) is 90.6 cm³/mol. The molecule has 2 rings (SSSR count). The topological polar surface area (TPSA) is 69.4 Å². The normalized spacial score (nSPS) is 10.9. The molecule has 0 saturated heterocycles. The van der Waals surface area contributed by atoms with Gasteiger partial charge in [0.15, 0.2) is 0 Å². The summed E-state index contributed by atoms with van der Waals surface area (Å²) in [5, 5.41) is 0. The monoisotopic (exact) mass is 313 g/mol. The Hall–Kier alpha value is -2.46. The minimum atomic E-state index is -0.727. The Bertz CT molecular complexity index is 597. The lowest BCUT2D eigenvalue weighted by molar-refractivity contribution is -0.146. The van der Waals surface area contributed by atoms with Crippen LogP contribution in [0.2, 0.25) is 0 Å². The zero-order chi connectivity index (χ0) is 17.1. The quantitative estimate of drug-likeness (QED) is 0.859. The number of benzene rings is 2. The highest BCUT2D eigenvalue weighted by molar-refractivity contribution is 5.77. The van der Waals surface area contributed by atoms with Gasteiger partial charge < -0.3 is 15.3 Å². The summed E-state index contributed by atoms with van der Waals surface area (Å²) in [7, 11) is 0. The van der Waals surface area contributed by atoms with Gasteiger partial charge in [-0.05, 0) is 18.1 Å². The van der Waals surface area contributed by atoms with Crippen LogP contribution < -0.4 is 5.73 Å². The molecule has 0 radical (unpaired) electrons. The maximum Gasteiger partial charge on any atom is 0.327 e. The van der Waals surface area contributed by atoms with Crippen LogP contribution in [0.5, 0.6) is 0 Å². The molecule has 2 aromatic rings. The number of ether oxygens (including phenoxy) is 1. The molecule has 0 aliphatic heterocycles. The molecule has 0 heterocycles. The molecule has 122 valence electrons. The van der Waals surface area contributed by atoms with Crippen LogP contribution in [-0.4, -0.2) is 11.8 Å². The summed E-state index contributed by atoms with van der Waals surface area (Å²) >= 11 is 0. The molecule has 1 atom stereocenters. The first-order chi connectivity index (χ1) is 11.0. The van der Waals surface area contributed by atoms with Gasteiger partial charge in [-0.25, -0.2) is 4.79 Å². The number of esters is 1. The van der Waals surface area contributed by atoms with Crippen molar-refractivity contribution in [3.05, 3.63) is 71.8 Å². The summed E-state index contributed by atoms with van der Waals surface area (Å²) in [6, 6.07) is 18.0. The van der Waals surface area contributed by atoms with Crippen molar-refractivity contribution < 1.29 is 14.3 Å². The first kappa shape index (κ1) is 18.6. The van der Waals surface area contributed by atoms with Crippen LogP contribution in [0.1, 0.15) is 37.4 Å². The van der Waals surface area contributed by atoms with Gasteiger partial charge in [-0.1, -0.05) is 67.6 Å². The maximum absolute atomic E-state index is 11.8. The van der Waals surface area contributed by atoms with Crippen molar-refractivity contribution in [1.82, 2.24) is 0 Å². The molecule has 2 N–H and O–H groups in total. The summed E-state index contributed by atoms with van der Waals surface area (Å²) in [4.78, 5) is 21.6. The van der Waals surface area contributed by atoms with Crippen LogP contribution in [-0.2, 0) is 20.9 Å². The highest BCUT2D eigenvalue weighted by atomic mass is 16.5. The van der Waals surface area contributed by atoms with Gasteiger partial charge in [-0.3, -0.25) is 0 Å². The summed E-state index contributed by atoms with van der Waals surface area (Å²) in [6.45, 7) is 3.68. The Morgan fingerprint density at radius 2 is 1.48 bits per heavy atom. The van der Waals surface area contributed by atoms with Gasteiger partial charge in [0.05, 0.1) is 0 Å². The van der Waals surface area contributed by atoms with Crippen LogP contribution in [0.15, 0.2) is 60.7 Å². The van der Waals surface area contributed by atoms with E-state index in [1.165, 1.54) is 0 Å². The zero-order valence-electron chi connectivity index (χ0n) is 13.6. The van der Waals surface area contributed by atoms with Gasteiger partial charge in [0.1, 0.15) is 18.4 Å². The van der Waals surface area contributed by atoms with E-state index in [0.29, 0.717) is 6.42 Å². The second kappa shape index (κ2) is 10.3. The third-order valence-corrected chi connectivity index (χ3v) is 3.13. The van der Waals surface area contributed by atoms with Crippen molar-refractivity contribution in [3.8, 4) is 0 Å². The van der Waals surface area contributed by atoms with Gasteiger partial charge in [0.2, 0.25) is 0 Å². The summed E-state index contributed by atoms with van der Waals surface area (Å²) < 4.78 is 5.18. The largest absolute Gasteiger partial charge is 0.459 e. The van der Waals surface area contributed by atoms with Crippen LogP contribution in [0.4, 0.5) is 0 Å². The maximum atomic E-state index is 11.8. The van der Waals surface area contributed by atoms with E-state index in [1.54, 1.807) is 6.92 Å². The SMILES string of the molecule is CCC(C)=O.N[C@H](C(=O)OCc1ccccc1)c1ccccc1. The molecule has 2 aromatic carbocycles. The van der Waals surface area contributed by atoms with E-state index in [-0.39, 0.29) is 12.4 Å². The van der Waals surface area contributed by atoms with E-state index in [9.17, 15) is 9.59 Å². The van der Waals surface area contributed by atoms with E-state index in [2.05, 4.69) is 0 Å². The van der Waals surface area contributed by atoms with Crippen molar-refractivity contribution in [1.29, 1.82) is 0 Å². The highest BCUT2D eigenvalue weighted by Crippen LogP contribution is 2.12.